The van der Waals surface area contributed by atoms with Crippen molar-refractivity contribution in [2.75, 3.05) is 0 Å². The third-order valence-electron chi connectivity index (χ3n) is 3.27. The second-order valence-corrected chi connectivity index (χ2v) is 4.88. The van der Waals surface area contributed by atoms with Gasteiger partial charge in [0, 0.05) is 0 Å². The van der Waals surface area contributed by atoms with Gasteiger partial charge in [-0.05, 0) is 44.9 Å². The van der Waals surface area contributed by atoms with Gasteiger partial charge in [0.25, 0.3) is 0 Å². The van der Waals surface area contributed by atoms with Crippen LogP contribution in [0.25, 0.3) is 0 Å². The van der Waals surface area contributed by atoms with Crippen LogP contribution in [0.15, 0.2) is 0 Å². The third-order valence-corrected chi connectivity index (χ3v) is 3.27. The number of esters is 1. The van der Waals surface area contributed by atoms with E-state index in [1.165, 1.54) is 0 Å². The van der Waals surface area contributed by atoms with Crippen LogP contribution >= 0.6 is 0 Å². The van der Waals surface area contributed by atoms with E-state index in [9.17, 15) is 9.90 Å². The van der Waals surface area contributed by atoms with Gasteiger partial charge in [-0.15, -0.1) is 0 Å². The topological polar surface area (TPSA) is 46.5 Å². The molecule has 0 amide bonds. The summed E-state index contributed by atoms with van der Waals surface area (Å²) in [6, 6.07) is 0. The maximum Gasteiger partial charge on any atom is 0.309 e. The molecule has 14 heavy (non-hydrogen) atoms. The molecule has 2 fully saturated rings. The van der Waals surface area contributed by atoms with Gasteiger partial charge in [0.2, 0.25) is 0 Å². The predicted octanol–water partition coefficient (Wildman–Crippen LogP) is 1.34. The van der Waals surface area contributed by atoms with Crippen LogP contribution in [-0.4, -0.2) is 23.3 Å². The second-order valence-electron chi connectivity index (χ2n) is 4.88. The van der Waals surface area contributed by atoms with Gasteiger partial charge < -0.3 is 9.84 Å². The number of hydrogen-bond acceptors (Lipinski definition) is 3. The van der Waals surface area contributed by atoms with Crippen LogP contribution in [0.1, 0.15) is 33.1 Å². The molecule has 0 aromatic rings. The molecule has 0 aliphatic heterocycles. The highest BCUT2D eigenvalue weighted by Crippen LogP contribution is 2.51. The molecule has 0 heterocycles. The van der Waals surface area contributed by atoms with Gasteiger partial charge in [0.15, 0.2) is 0 Å². The number of aliphatic hydroxyl groups is 1. The van der Waals surface area contributed by atoms with Crippen LogP contribution in [0, 0.1) is 17.8 Å². The molecule has 2 rings (SSSR count). The number of aliphatic hydroxyl groups excluding tert-OH is 1. The van der Waals surface area contributed by atoms with Crippen LogP contribution in [0.4, 0.5) is 0 Å². The number of rotatable bonds is 2. The number of fused-ring (bicyclic) bond motifs is 1. The number of carbonyl (C=O) groups excluding carboxylic acids is 1. The Labute approximate surface area is 84.4 Å². The number of hydrogen-bond donors (Lipinski definition) is 1. The summed E-state index contributed by atoms with van der Waals surface area (Å²) in [5.41, 5.74) is 0. The van der Waals surface area contributed by atoms with Crippen molar-refractivity contribution in [3.05, 3.63) is 0 Å². The Kier molecular flexibility index (Phi) is 2.52. The van der Waals surface area contributed by atoms with Crippen LogP contribution in [-0.2, 0) is 9.53 Å². The first kappa shape index (κ1) is 9.97. The Morgan fingerprint density at radius 1 is 1.36 bits per heavy atom. The largest absolute Gasteiger partial charge is 0.463 e. The van der Waals surface area contributed by atoms with E-state index < -0.39 is 0 Å². The summed E-state index contributed by atoms with van der Waals surface area (Å²) in [6.45, 7) is 3.72. The zero-order valence-electron chi connectivity index (χ0n) is 8.77. The van der Waals surface area contributed by atoms with Gasteiger partial charge in [-0.1, -0.05) is 0 Å². The monoisotopic (exact) mass is 198 g/mol. The smallest absolute Gasteiger partial charge is 0.309 e. The molecule has 3 heteroatoms. The highest BCUT2D eigenvalue weighted by atomic mass is 16.5. The highest BCUT2D eigenvalue weighted by molar-refractivity contribution is 5.73. The van der Waals surface area contributed by atoms with Crippen LogP contribution < -0.4 is 0 Å². The standard InChI is InChI=1S/C11H18O3/c1-6(2)14-11(13)8-3-7-4-9(7)10(12)5-8/h6-10,12H,3-5H2,1-2H3. The number of ether oxygens (including phenoxy) is 1. The molecule has 2 saturated carbocycles. The van der Waals surface area contributed by atoms with Crippen molar-refractivity contribution < 1.29 is 14.6 Å². The maximum absolute atomic E-state index is 11.6. The molecule has 0 spiro atoms. The highest BCUT2D eigenvalue weighted by Gasteiger charge is 2.49. The molecule has 0 radical (unpaired) electrons. The average molecular weight is 198 g/mol. The molecule has 1 N–H and O–H groups in total. The third kappa shape index (κ3) is 1.92. The summed E-state index contributed by atoms with van der Waals surface area (Å²) in [5.74, 6) is 0.891. The molecule has 0 bridgehead atoms. The summed E-state index contributed by atoms with van der Waals surface area (Å²) in [7, 11) is 0. The van der Waals surface area contributed by atoms with Crippen molar-refractivity contribution in [3.63, 3.8) is 0 Å². The zero-order valence-corrected chi connectivity index (χ0v) is 8.77. The van der Waals surface area contributed by atoms with E-state index in [0.717, 1.165) is 12.8 Å². The fraction of sp³-hybridized carbons (Fsp3) is 0.909. The Morgan fingerprint density at radius 2 is 2.07 bits per heavy atom. The minimum Gasteiger partial charge on any atom is -0.463 e. The van der Waals surface area contributed by atoms with E-state index in [1.54, 1.807) is 0 Å². The van der Waals surface area contributed by atoms with E-state index >= 15 is 0 Å². The lowest BCUT2D eigenvalue weighted by Gasteiger charge is -2.24. The Bertz CT molecular complexity index is 237. The van der Waals surface area contributed by atoms with E-state index in [-0.39, 0.29) is 24.1 Å². The Balaban J connectivity index is 1.88. The lowest BCUT2D eigenvalue weighted by molar-refractivity contribution is -0.155. The van der Waals surface area contributed by atoms with E-state index in [1.807, 2.05) is 13.8 Å². The van der Waals surface area contributed by atoms with Crippen molar-refractivity contribution in [1.82, 2.24) is 0 Å². The molecule has 3 nitrogen and oxygen atoms in total. The van der Waals surface area contributed by atoms with Gasteiger partial charge >= 0.3 is 5.97 Å². The zero-order chi connectivity index (χ0) is 10.3. The van der Waals surface area contributed by atoms with Crippen molar-refractivity contribution >= 4 is 5.97 Å². The van der Waals surface area contributed by atoms with Crippen molar-refractivity contribution in [2.45, 2.75) is 45.3 Å². The predicted molar refractivity (Wildman–Crippen MR) is 51.6 cm³/mol. The number of carbonyl (C=O) groups is 1. The normalized spacial score (nSPS) is 40.6. The van der Waals surface area contributed by atoms with E-state index in [4.69, 9.17) is 4.74 Å². The molecule has 2 aliphatic carbocycles. The van der Waals surface area contributed by atoms with Gasteiger partial charge in [-0.2, -0.15) is 0 Å². The fourth-order valence-corrected chi connectivity index (χ4v) is 2.46. The molecule has 0 saturated heterocycles. The van der Waals surface area contributed by atoms with Crippen molar-refractivity contribution in [3.8, 4) is 0 Å². The summed E-state index contributed by atoms with van der Waals surface area (Å²) in [4.78, 5) is 11.6. The van der Waals surface area contributed by atoms with Gasteiger partial charge in [-0.3, -0.25) is 4.79 Å². The van der Waals surface area contributed by atoms with Gasteiger partial charge in [0.05, 0.1) is 18.1 Å². The Morgan fingerprint density at radius 3 is 2.64 bits per heavy atom. The van der Waals surface area contributed by atoms with Crippen molar-refractivity contribution in [2.24, 2.45) is 17.8 Å². The first-order valence-corrected chi connectivity index (χ1v) is 5.46. The summed E-state index contributed by atoms with van der Waals surface area (Å²) < 4.78 is 5.15. The molecule has 4 atom stereocenters. The van der Waals surface area contributed by atoms with Crippen LogP contribution in [0.3, 0.4) is 0 Å². The van der Waals surface area contributed by atoms with Gasteiger partial charge in [0.1, 0.15) is 0 Å². The molecular formula is C11H18O3. The van der Waals surface area contributed by atoms with Crippen LogP contribution in [0.5, 0.6) is 0 Å². The van der Waals surface area contributed by atoms with E-state index in [2.05, 4.69) is 0 Å². The SMILES string of the molecule is CC(C)OC(=O)C1CC(O)C2CC2C1. The fourth-order valence-electron chi connectivity index (χ4n) is 2.46. The summed E-state index contributed by atoms with van der Waals surface area (Å²) >= 11 is 0. The minimum absolute atomic E-state index is 0.0448. The molecule has 0 aromatic heterocycles. The summed E-state index contributed by atoms with van der Waals surface area (Å²) in [6.07, 6.45) is 2.32. The Hall–Kier alpha value is -0.570. The first-order chi connectivity index (χ1) is 6.58. The molecule has 80 valence electrons. The maximum atomic E-state index is 11.6. The van der Waals surface area contributed by atoms with Gasteiger partial charge in [-0.25, -0.2) is 0 Å². The lowest BCUT2D eigenvalue weighted by atomic mass is 9.87. The average Bonchev–Trinajstić information content (AvgIpc) is 2.81. The lowest BCUT2D eigenvalue weighted by Crippen LogP contribution is -2.30. The molecule has 0 aromatic carbocycles. The van der Waals surface area contributed by atoms with Crippen LogP contribution in [0.2, 0.25) is 0 Å². The molecule has 4 unspecified atom stereocenters. The van der Waals surface area contributed by atoms with E-state index in [0.29, 0.717) is 18.3 Å². The molecular weight excluding hydrogens is 180 g/mol. The minimum atomic E-state index is -0.265. The summed E-state index contributed by atoms with van der Waals surface area (Å²) in [5, 5.41) is 9.67. The van der Waals surface area contributed by atoms with Crippen molar-refractivity contribution in [1.29, 1.82) is 0 Å². The second kappa shape index (κ2) is 3.54. The quantitative estimate of drug-likeness (QED) is 0.681. The molecule has 2 aliphatic rings. The first-order valence-electron chi connectivity index (χ1n) is 5.46.